The number of carboxylic acid groups (broad SMARTS) is 3. The number of aromatic carboxylic acids is 2. The van der Waals surface area contributed by atoms with Gasteiger partial charge in [-0.3, -0.25) is 4.79 Å². The van der Waals surface area contributed by atoms with Gasteiger partial charge in [0.15, 0.2) is 0 Å². The van der Waals surface area contributed by atoms with Crippen molar-refractivity contribution in [3.05, 3.63) is 23.3 Å². The van der Waals surface area contributed by atoms with Crippen molar-refractivity contribution < 1.29 is 29.7 Å². The molecule has 9 heteroatoms. The summed E-state index contributed by atoms with van der Waals surface area (Å²) < 4.78 is 0. The molecule has 0 bridgehead atoms. The van der Waals surface area contributed by atoms with Gasteiger partial charge in [-0.15, -0.1) is 0 Å². The van der Waals surface area contributed by atoms with E-state index >= 15 is 0 Å². The fraction of sp³-hybridized carbons (Fsp3) is 0.609. The van der Waals surface area contributed by atoms with Gasteiger partial charge in [0.2, 0.25) is 0 Å². The molecule has 0 radical (unpaired) electrons. The van der Waals surface area contributed by atoms with Crippen molar-refractivity contribution in [3.63, 3.8) is 0 Å². The second-order valence-corrected chi connectivity index (χ2v) is 7.90. The number of rotatable bonds is 14. The van der Waals surface area contributed by atoms with Crippen molar-refractivity contribution in [2.24, 2.45) is 11.7 Å². The molecule has 1 atom stereocenters. The van der Waals surface area contributed by atoms with Crippen LogP contribution in [-0.4, -0.2) is 52.4 Å². The molecule has 0 saturated heterocycles. The molecule has 0 aliphatic rings. The van der Waals surface area contributed by atoms with Gasteiger partial charge in [-0.25, -0.2) is 9.59 Å². The van der Waals surface area contributed by atoms with Crippen LogP contribution in [0.3, 0.4) is 0 Å². The maximum Gasteiger partial charge on any atom is 0.337 e. The van der Waals surface area contributed by atoms with Gasteiger partial charge in [0.25, 0.3) is 0 Å². The monoisotopic (exact) mass is 453 g/mol. The van der Waals surface area contributed by atoms with Gasteiger partial charge >= 0.3 is 17.9 Å². The van der Waals surface area contributed by atoms with E-state index in [4.69, 9.17) is 10.8 Å². The van der Waals surface area contributed by atoms with Crippen LogP contribution >= 0.6 is 0 Å². The molecule has 7 N–H and O–H groups in total. The molecule has 1 rings (SSSR count). The molecule has 32 heavy (non-hydrogen) atoms. The van der Waals surface area contributed by atoms with Crippen molar-refractivity contribution in [1.82, 2.24) is 0 Å². The van der Waals surface area contributed by atoms with Gasteiger partial charge in [0.05, 0.1) is 22.5 Å². The summed E-state index contributed by atoms with van der Waals surface area (Å²) in [5.41, 5.74) is 6.08. The second kappa shape index (κ2) is 15.9. The normalized spacial score (nSPS) is 11.3. The Morgan fingerprint density at radius 3 is 1.41 bits per heavy atom. The molecule has 0 aromatic heterocycles. The molecule has 1 aromatic carbocycles. The highest BCUT2D eigenvalue weighted by Gasteiger charge is 2.20. The first kappa shape index (κ1) is 29.2. The molecule has 0 fully saturated rings. The molecular formula is C23H39N3O6. The average molecular weight is 454 g/mol. The summed E-state index contributed by atoms with van der Waals surface area (Å²) in [7, 11) is 0. The highest BCUT2D eigenvalue weighted by atomic mass is 16.4. The first-order valence-corrected chi connectivity index (χ1v) is 11.2. The SMILES string of the molecule is CC(C)[C@H](N)C(=O)O.CCCCCNc1c(C(=O)O)ccc(C(=O)O)c1NCCCCC. The van der Waals surface area contributed by atoms with E-state index in [1.54, 1.807) is 13.8 Å². The lowest BCUT2D eigenvalue weighted by Crippen LogP contribution is -2.34. The number of carbonyl (C=O) groups is 3. The number of hydrogen-bond acceptors (Lipinski definition) is 6. The van der Waals surface area contributed by atoms with Crippen LogP contribution in [0.25, 0.3) is 0 Å². The lowest BCUT2D eigenvalue weighted by Gasteiger charge is -2.18. The van der Waals surface area contributed by atoms with Crippen molar-refractivity contribution in [2.75, 3.05) is 23.7 Å². The molecule has 0 heterocycles. The third-order valence-corrected chi connectivity index (χ3v) is 4.83. The van der Waals surface area contributed by atoms with E-state index in [9.17, 15) is 24.6 Å². The second-order valence-electron chi connectivity index (χ2n) is 7.90. The summed E-state index contributed by atoms with van der Waals surface area (Å²) in [6.07, 6.45) is 6.00. The number of hydrogen-bond donors (Lipinski definition) is 6. The van der Waals surface area contributed by atoms with E-state index in [1.807, 2.05) is 0 Å². The average Bonchev–Trinajstić information content (AvgIpc) is 2.73. The van der Waals surface area contributed by atoms with Crippen molar-refractivity contribution in [2.45, 2.75) is 72.3 Å². The van der Waals surface area contributed by atoms with Crippen LogP contribution in [0.15, 0.2) is 12.1 Å². The van der Waals surface area contributed by atoms with Crippen LogP contribution in [0.4, 0.5) is 11.4 Å². The summed E-state index contributed by atoms with van der Waals surface area (Å²) in [6.45, 7) is 8.96. The van der Waals surface area contributed by atoms with E-state index in [0.717, 1.165) is 38.5 Å². The Balaban J connectivity index is 0.00000102. The summed E-state index contributed by atoms with van der Waals surface area (Å²) in [4.78, 5) is 33.0. The van der Waals surface area contributed by atoms with E-state index in [-0.39, 0.29) is 17.0 Å². The third-order valence-electron chi connectivity index (χ3n) is 4.83. The van der Waals surface area contributed by atoms with Crippen molar-refractivity contribution >= 4 is 29.3 Å². The molecular weight excluding hydrogens is 414 g/mol. The number of unbranched alkanes of at least 4 members (excludes halogenated alkanes) is 4. The van der Waals surface area contributed by atoms with E-state index < -0.39 is 23.9 Å². The molecule has 182 valence electrons. The number of benzene rings is 1. The highest BCUT2D eigenvalue weighted by molar-refractivity contribution is 6.05. The first-order chi connectivity index (χ1) is 15.1. The maximum atomic E-state index is 11.5. The predicted octanol–water partition coefficient (Wildman–Crippen LogP) is 4.34. The summed E-state index contributed by atoms with van der Waals surface area (Å²) in [6, 6.07) is 1.99. The number of carboxylic acids is 3. The van der Waals surface area contributed by atoms with Gasteiger partial charge in [-0.1, -0.05) is 53.4 Å². The summed E-state index contributed by atoms with van der Waals surface area (Å²) >= 11 is 0. The molecule has 0 amide bonds. The lowest BCUT2D eigenvalue weighted by molar-refractivity contribution is -0.139. The van der Waals surface area contributed by atoms with Crippen molar-refractivity contribution in [1.29, 1.82) is 0 Å². The molecule has 0 unspecified atom stereocenters. The Kier molecular flexibility index (Phi) is 14.5. The van der Waals surface area contributed by atoms with E-state index in [2.05, 4.69) is 24.5 Å². The van der Waals surface area contributed by atoms with Crippen LogP contribution in [0.1, 0.15) is 86.9 Å². The molecule has 0 aliphatic heterocycles. The van der Waals surface area contributed by atoms with Crippen LogP contribution in [0.5, 0.6) is 0 Å². The van der Waals surface area contributed by atoms with Gasteiger partial charge in [-0.2, -0.15) is 0 Å². The fourth-order valence-electron chi connectivity index (χ4n) is 2.79. The first-order valence-electron chi connectivity index (χ1n) is 11.2. The maximum absolute atomic E-state index is 11.5. The summed E-state index contributed by atoms with van der Waals surface area (Å²) in [5.74, 6) is -3.05. The minimum absolute atomic E-state index is 0.0208. The van der Waals surface area contributed by atoms with Gasteiger partial charge in [-0.05, 0) is 30.9 Å². The number of aliphatic carboxylic acids is 1. The van der Waals surface area contributed by atoms with E-state index in [1.165, 1.54) is 12.1 Å². The molecule has 0 aliphatic carbocycles. The third kappa shape index (κ3) is 10.5. The Bertz CT molecular complexity index is 688. The lowest BCUT2D eigenvalue weighted by atomic mass is 10.0. The number of nitrogens with one attached hydrogen (secondary N) is 2. The zero-order valence-electron chi connectivity index (χ0n) is 19.6. The van der Waals surface area contributed by atoms with Crippen LogP contribution in [-0.2, 0) is 4.79 Å². The Morgan fingerprint density at radius 1 is 0.812 bits per heavy atom. The zero-order valence-corrected chi connectivity index (χ0v) is 19.6. The molecule has 9 nitrogen and oxygen atoms in total. The molecule has 0 saturated carbocycles. The quantitative estimate of drug-likeness (QED) is 0.225. The van der Waals surface area contributed by atoms with E-state index in [0.29, 0.717) is 24.5 Å². The fourth-order valence-corrected chi connectivity index (χ4v) is 2.79. The summed E-state index contributed by atoms with van der Waals surface area (Å²) in [5, 5.41) is 33.3. The standard InChI is InChI=1S/C18H28N2O4.C5H11NO2/c1-3-5-7-11-19-15-13(17(21)22)9-10-14(18(23)24)16(15)20-12-8-6-4-2;1-3(2)4(6)5(7)8/h9-10,19-20H,3-8,11-12H2,1-2H3,(H,21,22)(H,23,24);3-4H,6H2,1-2H3,(H,7,8)/t;4-/m.0/s1. The smallest absolute Gasteiger partial charge is 0.337 e. The Hall–Kier alpha value is -2.81. The van der Waals surface area contributed by atoms with Gasteiger partial charge < -0.3 is 31.7 Å². The van der Waals surface area contributed by atoms with Crippen LogP contribution < -0.4 is 16.4 Å². The van der Waals surface area contributed by atoms with Gasteiger partial charge in [0, 0.05) is 13.1 Å². The van der Waals surface area contributed by atoms with Crippen LogP contribution in [0.2, 0.25) is 0 Å². The minimum atomic E-state index is -1.07. The molecule has 0 spiro atoms. The molecule has 1 aromatic rings. The largest absolute Gasteiger partial charge is 0.480 e. The van der Waals surface area contributed by atoms with Crippen LogP contribution in [0, 0.1) is 5.92 Å². The minimum Gasteiger partial charge on any atom is -0.480 e. The van der Waals surface area contributed by atoms with Crippen molar-refractivity contribution in [3.8, 4) is 0 Å². The van der Waals surface area contributed by atoms with Gasteiger partial charge in [0.1, 0.15) is 6.04 Å². The Morgan fingerprint density at radius 2 is 1.19 bits per heavy atom. The highest BCUT2D eigenvalue weighted by Crippen LogP contribution is 2.31. The number of anilines is 2. The Labute approximate surface area is 190 Å². The number of nitrogens with two attached hydrogens (primary N) is 1. The predicted molar refractivity (Wildman–Crippen MR) is 127 cm³/mol. The topological polar surface area (TPSA) is 162 Å². The zero-order chi connectivity index (χ0) is 24.7.